The Morgan fingerprint density at radius 3 is 2.56 bits per heavy atom. The molecule has 3 rings (SSSR count). The van der Waals surface area contributed by atoms with Gasteiger partial charge in [0.15, 0.2) is 0 Å². The number of aliphatic hydroxyl groups is 1. The van der Waals surface area contributed by atoms with Crippen LogP contribution in [0.15, 0.2) is 18.2 Å². The van der Waals surface area contributed by atoms with Gasteiger partial charge in [-0.25, -0.2) is 12.8 Å². The van der Waals surface area contributed by atoms with E-state index in [9.17, 15) is 17.6 Å². The minimum absolute atomic E-state index is 0.0126. The van der Waals surface area contributed by atoms with E-state index in [0.29, 0.717) is 17.4 Å². The first-order chi connectivity index (χ1) is 11.8. The number of anilines is 1. The van der Waals surface area contributed by atoms with Crippen LogP contribution >= 0.6 is 0 Å². The smallest absolute Gasteiger partial charge is 0.252 e. The van der Waals surface area contributed by atoms with Crippen molar-refractivity contribution in [2.24, 2.45) is 11.1 Å². The first-order valence-corrected chi connectivity index (χ1v) is 9.85. The summed E-state index contributed by atoms with van der Waals surface area (Å²) in [6.45, 7) is -0.544. The van der Waals surface area contributed by atoms with E-state index in [0.717, 1.165) is 24.5 Å². The van der Waals surface area contributed by atoms with Crippen molar-refractivity contribution in [1.82, 2.24) is 0 Å². The van der Waals surface area contributed by atoms with Crippen molar-refractivity contribution in [2.45, 2.75) is 32.1 Å². The predicted molar refractivity (Wildman–Crippen MR) is 92.9 cm³/mol. The molecule has 0 radical (unpaired) electrons. The van der Waals surface area contributed by atoms with Gasteiger partial charge in [-0.05, 0) is 60.8 Å². The summed E-state index contributed by atoms with van der Waals surface area (Å²) in [6.07, 6.45) is 6.93. The van der Waals surface area contributed by atoms with Crippen LogP contribution in [0.2, 0.25) is 0 Å². The van der Waals surface area contributed by atoms with Crippen LogP contribution in [-0.4, -0.2) is 31.8 Å². The Labute approximate surface area is 146 Å². The summed E-state index contributed by atoms with van der Waals surface area (Å²) in [7, 11) is -3.79. The molecule has 0 atom stereocenters. The number of hydrogen-bond acceptors (Lipinski definition) is 4. The van der Waals surface area contributed by atoms with E-state index < -0.39 is 34.1 Å². The van der Waals surface area contributed by atoms with Gasteiger partial charge < -0.3 is 10.8 Å². The molecule has 1 saturated carbocycles. The van der Waals surface area contributed by atoms with Gasteiger partial charge in [0, 0.05) is 0 Å². The van der Waals surface area contributed by atoms with Crippen LogP contribution < -0.4 is 10.5 Å². The molecule has 0 saturated heterocycles. The van der Waals surface area contributed by atoms with Gasteiger partial charge in [0.05, 0.1) is 23.6 Å². The summed E-state index contributed by atoms with van der Waals surface area (Å²) in [5.41, 5.74) is 6.65. The monoisotopic (exact) mass is 368 g/mol. The fourth-order valence-corrected chi connectivity index (χ4v) is 4.16. The summed E-state index contributed by atoms with van der Waals surface area (Å²) in [5, 5.41) is 8.80. The molecule has 0 heterocycles. The number of sulfonamides is 1. The second-order valence-electron chi connectivity index (χ2n) is 6.82. The topological polar surface area (TPSA) is 109 Å². The fourth-order valence-electron chi connectivity index (χ4n) is 3.34. The number of nitrogens with two attached hydrogens (primary N) is 1. The molecule has 136 valence electrons. The minimum atomic E-state index is -3.79. The van der Waals surface area contributed by atoms with E-state index in [-0.39, 0.29) is 11.3 Å². The highest BCUT2D eigenvalue weighted by Crippen LogP contribution is 2.56. The number of primary amides is 1. The van der Waals surface area contributed by atoms with Crippen molar-refractivity contribution in [2.75, 3.05) is 17.1 Å². The Balaban J connectivity index is 1.99. The van der Waals surface area contributed by atoms with Gasteiger partial charge in [-0.15, -0.1) is 0 Å². The molecule has 2 aliphatic rings. The van der Waals surface area contributed by atoms with Gasteiger partial charge in [-0.1, -0.05) is 6.08 Å². The van der Waals surface area contributed by atoms with Crippen LogP contribution in [0.1, 0.15) is 48.0 Å². The average molecular weight is 368 g/mol. The summed E-state index contributed by atoms with van der Waals surface area (Å²) in [5.74, 6) is -2.24. The van der Waals surface area contributed by atoms with Gasteiger partial charge in [0.2, 0.25) is 10.0 Å². The molecule has 2 aliphatic carbocycles. The Kier molecular flexibility index (Phi) is 4.59. The zero-order valence-corrected chi connectivity index (χ0v) is 14.5. The average Bonchev–Trinajstić information content (AvgIpc) is 3.25. The Bertz CT molecular complexity index is 844. The van der Waals surface area contributed by atoms with Crippen LogP contribution in [-0.2, 0) is 10.0 Å². The standard InChI is InChI=1S/C17H21FN2O4S/c18-14-10-12(20-25(23,24)8-7-21)9-13(15(14)16(19)22)11-1-3-17(4-2-11)5-6-17/h1,9-10,20-21H,2-8H2,(H2,19,22). The van der Waals surface area contributed by atoms with Crippen LogP contribution in [0.3, 0.4) is 0 Å². The van der Waals surface area contributed by atoms with Crippen LogP contribution in [0.25, 0.3) is 5.57 Å². The maximum atomic E-state index is 14.4. The molecule has 1 amide bonds. The summed E-state index contributed by atoms with van der Waals surface area (Å²) < 4.78 is 40.3. The lowest BCUT2D eigenvalue weighted by Crippen LogP contribution is -2.21. The number of hydrogen-bond donors (Lipinski definition) is 3. The normalized spacial score (nSPS) is 18.7. The first kappa shape index (κ1) is 17.9. The lowest BCUT2D eigenvalue weighted by atomic mass is 9.83. The van der Waals surface area contributed by atoms with Gasteiger partial charge in [-0.2, -0.15) is 0 Å². The third-order valence-corrected chi connectivity index (χ3v) is 6.25. The highest BCUT2D eigenvalue weighted by Gasteiger charge is 2.43. The number of carbonyl (C=O) groups excluding carboxylic acids is 1. The molecular weight excluding hydrogens is 347 g/mol. The first-order valence-electron chi connectivity index (χ1n) is 8.19. The Morgan fingerprint density at radius 2 is 2.04 bits per heavy atom. The minimum Gasteiger partial charge on any atom is -0.395 e. The molecule has 0 aromatic heterocycles. The number of halogens is 1. The number of aliphatic hydroxyl groups excluding tert-OH is 1. The van der Waals surface area contributed by atoms with Gasteiger partial charge in [0.25, 0.3) is 5.91 Å². The number of nitrogens with one attached hydrogen (secondary N) is 1. The molecule has 8 heteroatoms. The molecule has 1 aromatic rings. The molecule has 4 N–H and O–H groups in total. The molecule has 1 aromatic carbocycles. The van der Waals surface area contributed by atoms with Crippen molar-refractivity contribution >= 4 is 27.2 Å². The lowest BCUT2D eigenvalue weighted by molar-refractivity contribution is 0.0996. The number of allylic oxidation sites excluding steroid dienone is 2. The number of rotatable bonds is 6. The summed E-state index contributed by atoms with van der Waals surface area (Å²) in [4.78, 5) is 11.7. The third-order valence-electron chi connectivity index (χ3n) is 4.98. The Morgan fingerprint density at radius 1 is 1.32 bits per heavy atom. The van der Waals surface area contributed by atoms with Gasteiger partial charge >= 0.3 is 0 Å². The van der Waals surface area contributed by atoms with E-state index in [2.05, 4.69) is 4.72 Å². The van der Waals surface area contributed by atoms with Crippen molar-refractivity contribution in [1.29, 1.82) is 0 Å². The highest BCUT2D eigenvalue weighted by molar-refractivity contribution is 7.92. The van der Waals surface area contributed by atoms with E-state index in [1.54, 1.807) is 0 Å². The number of benzene rings is 1. The van der Waals surface area contributed by atoms with Crippen LogP contribution in [0, 0.1) is 11.2 Å². The van der Waals surface area contributed by atoms with Crippen molar-refractivity contribution in [3.8, 4) is 0 Å². The Hall–Kier alpha value is -1.93. The zero-order chi connectivity index (χ0) is 18.2. The van der Waals surface area contributed by atoms with Crippen molar-refractivity contribution in [3.05, 3.63) is 35.2 Å². The maximum absolute atomic E-state index is 14.4. The molecule has 25 heavy (non-hydrogen) atoms. The lowest BCUT2D eigenvalue weighted by Gasteiger charge is -2.23. The van der Waals surface area contributed by atoms with E-state index >= 15 is 0 Å². The highest BCUT2D eigenvalue weighted by atomic mass is 32.2. The molecule has 0 unspecified atom stereocenters. The SMILES string of the molecule is NC(=O)c1c(F)cc(NS(=O)(=O)CCO)cc1C1=CCC2(CC1)CC2. The number of carbonyl (C=O) groups is 1. The molecular formula is C17H21FN2O4S. The number of amides is 1. The van der Waals surface area contributed by atoms with Crippen LogP contribution in [0.4, 0.5) is 10.1 Å². The van der Waals surface area contributed by atoms with Crippen molar-refractivity contribution in [3.63, 3.8) is 0 Å². The van der Waals surface area contributed by atoms with Crippen LogP contribution in [0.5, 0.6) is 0 Å². The fraction of sp³-hybridized carbons (Fsp3) is 0.471. The summed E-state index contributed by atoms with van der Waals surface area (Å²) >= 11 is 0. The third kappa shape index (κ3) is 3.85. The van der Waals surface area contributed by atoms with E-state index in [1.807, 2.05) is 6.08 Å². The van der Waals surface area contributed by atoms with Gasteiger partial charge in [-0.3, -0.25) is 9.52 Å². The second-order valence-corrected chi connectivity index (χ2v) is 8.66. The van der Waals surface area contributed by atoms with E-state index in [1.165, 1.54) is 18.9 Å². The second kappa shape index (κ2) is 6.42. The summed E-state index contributed by atoms with van der Waals surface area (Å²) in [6, 6.07) is 2.37. The van der Waals surface area contributed by atoms with Crippen molar-refractivity contribution < 1.29 is 22.7 Å². The largest absolute Gasteiger partial charge is 0.395 e. The quantitative estimate of drug-likeness (QED) is 0.713. The molecule has 1 spiro atoms. The van der Waals surface area contributed by atoms with Gasteiger partial charge in [0.1, 0.15) is 5.82 Å². The molecule has 1 fully saturated rings. The predicted octanol–water partition coefficient (Wildman–Crippen LogP) is 2.01. The van der Waals surface area contributed by atoms with E-state index in [4.69, 9.17) is 10.8 Å². The molecule has 0 bridgehead atoms. The maximum Gasteiger partial charge on any atom is 0.252 e. The zero-order valence-electron chi connectivity index (χ0n) is 13.7. The molecule has 6 nitrogen and oxygen atoms in total. The molecule has 0 aliphatic heterocycles.